The van der Waals surface area contributed by atoms with Gasteiger partial charge < -0.3 is 10.1 Å². The van der Waals surface area contributed by atoms with Crippen LogP contribution in [0.15, 0.2) is 42.5 Å². The maximum Gasteiger partial charge on any atom is 0.265 e. The fourth-order valence-corrected chi connectivity index (χ4v) is 1.99. The van der Waals surface area contributed by atoms with Crippen LogP contribution in [0.4, 0.5) is 5.69 Å². The van der Waals surface area contributed by atoms with Crippen molar-refractivity contribution in [2.75, 3.05) is 5.32 Å². The van der Waals surface area contributed by atoms with Crippen molar-refractivity contribution in [2.45, 2.75) is 33.8 Å². The zero-order chi connectivity index (χ0) is 15.4. The van der Waals surface area contributed by atoms with Gasteiger partial charge in [0.15, 0.2) is 6.10 Å². The Hall–Kier alpha value is -2.29. The molecule has 3 nitrogen and oxygen atoms in total. The number of hydrogen-bond acceptors (Lipinski definition) is 2. The van der Waals surface area contributed by atoms with Crippen LogP contribution in [0, 0.1) is 20.8 Å². The average molecular weight is 283 g/mol. The first kappa shape index (κ1) is 15.1. The highest BCUT2D eigenvalue weighted by atomic mass is 16.5. The molecular formula is C18H21NO2. The predicted octanol–water partition coefficient (Wildman–Crippen LogP) is 4.02. The first-order chi connectivity index (χ1) is 9.97. The van der Waals surface area contributed by atoms with Gasteiger partial charge in [0.25, 0.3) is 5.91 Å². The highest BCUT2D eigenvalue weighted by Crippen LogP contribution is 2.19. The van der Waals surface area contributed by atoms with Gasteiger partial charge in [0, 0.05) is 5.69 Å². The SMILES string of the molecule is Cc1ccc(O[C@@H](C)C(=O)Nc2ccccc2C)cc1C. The predicted molar refractivity (Wildman–Crippen MR) is 85.8 cm³/mol. The van der Waals surface area contributed by atoms with Crippen molar-refractivity contribution in [3.8, 4) is 5.75 Å². The number of ether oxygens (including phenoxy) is 1. The Kier molecular flexibility index (Phi) is 4.63. The molecule has 3 heteroatoms. The molecule has 0 spiro atoms. The smallest absolute Gasteiger partial charge is 0.265 e. The second-order valence-electron chi connectivity index (χ2n) is 5.31. The summed E-state index contributed by atoms with van der Waals surface area (Å²) < 4.78 is 5.71. The molecule has 1 amide bonds. The van der Waals surface area contributed by atoms with Gasteiger partial charge in [-0.25, -0.2) is 0 Å². The van der Waals surface area contributed by atoms with Gasteiger partial charge in [0.2, 0.25) is 0 Å². The average Bonchev–Trinajstić information content (AvgIpc) is 2.45. The third kappa shape index (κ3) is 3.85. The van der Waals surface area contributed by atoms with Crippen LogP contribution in [0.5, 0.6) is 5.75 Å². The number of nitrogens with one attached hydrogen (secondary N) is 1. The third-order valence-electron chi connectivity index (χ3n) is 3.56. The van der Waals surface area contributed by atoms with Crippen LogP contribution < -0.4 is 10.1 Å². The summed E-state index contributed by atoms with van der Waals surface area (Å²) in [5.41, 5.74) is 4.21. The number of benzene rings is 2. The molecule has 0 bridgehead atoms. The van der Waals surface area contributed by atoms with Crippen molar-refractivity contribution >= 4 is 11.6 Å². The molecule has 0 aliphatic heterocycles. The first-order valence-corrected chi connectivity index (χ1v) is 7.08. The Balaban J connectivity index is 2.02. The van der Waals surface area contributed by atoms with Gasteiger partial charge in [-0.2, -0.15) is 0 Å². The highest BCUT2D eigenvalue weighted by molar-refractivity contribution is 5.94. The Morgan fingerprint density at radius 3 is 2.38 bits per heavy atom. The lowest BCUT2D eigenvalue weighted by molar-refractivity contribution is -0.122. The summed E-state index contributed by atoms with van der Waals surface area (Å²) in [6.07, 6.45) is -0.549. The zero-order valence-corrected chi connectivity index (χ0v) is 12.9. The van der Waals surface area contributed by atoms with Crippen LogP contribution in [0.3, 0.4) is 0 Å². The molecule has 0 fully saturated rings. The van der Waals surface area contributed by atoms with E-state index >= 15 is 0 Å². The van der Waals surface area contributed by atoms with E-state index in [0.29, 0.717) is 5.75 Å². The molecule has 0 aliphatic carbocycles. The van der Waals surface area contributed by atoms with Crippen molar-refractivity contribution in [2.24, 2.45) is 0 Å². The van der Waals surface area contributed by atoms with Crippen molar-refractivity contribution in [3.63, 3.8) is 0 Å². The van der Waals surface area contributed by atoms with E-state index in [9.17, 15) is 4.79 Å². The molecule has 0 saturated carbocycles. The Bertz CT molecular complexity index is 649. The van der Waals surface area contributed by atoms with E-state index in [-0.39, 0.29) is 5.91 Å². The number of carbonyl (C=O) groups is 1. The summed E-state index contributed by atoms with van der Waals surface area (Å²) in [6.45, 7) is 7.79. The fourth-order valence-electron chi connectivity index (χ4n) is 1.99. The molecule has 0 radical (unpaired) electrons. The third-order valence-corrected chi connectivity index (χ3v) is 3.56. The molecule has 2 aromatic carbocycles. The molecule has 1 N–H and O–H groups in total. The van der Waals surface area contributed by atoms with Crippen LogP contribution >= 0.6 is 0 Å². The second-order valence-corrected chi connectivity index (χ2v) is 5.31. The van der Waals surface area contributed by atoms with Gasteiger partial charge >= 0.3 is 0 Å². The molecule has 2 aromatic rings. The summed E-state index contributed by atoms with van der Waals surface area (Å²) in [6, 6.07) is 13.5. The summed E-state index contributed by atoms with van der Waals surface area (Å²) in [5, 5.41) is 2.89. The lowest BCUT2D eigenvalue weighted by atomic mass is 10.1. The van der Waals surface area contributed by atoms with E-state index in [4.69, 9.17) is 4.74 Å². The number of aryl methyl sites for hydroxylation is 3. The minimum atomic E-state index is -0.549. The lowest BCUT2D eigenvalue weighted by Crippen LogP contribution is -2.30. The van der Waals surface area contributed by atoms with E-state index < -0.39 is 6.10 Å². The van der Waals surface area contributed by atoms with Gasteiger partial charge in [0.05, 0.1) is 0 Å². The van der Waals surface area contributed by atoms with Crippen LogP contribution in [-0.4, -0.2) is 12.0 Å². The van der Waals surface area contributed by atoms with Gasteiger partial charge in [-0.3, -0.25) is 4.79 Å². The maximum absolute atomic E-state index is 12.2. The number of amides is 1. The van der Waals surface area contributed by atoms with Crippen LogP contribution in [0.25, 0.3) is 0 Å². The molecular weight excluding hydrogens is 262 g/mol. The second kappa shape index (κ2) is 6.44. The Morgan fingerprint density at radius 2 is 1.71 bits per heavy atom. The van der Waals surface area contributed by atoms with Crippen LogP contribution in [0.2, 0.25) is 0 Å². The molecule has 21 heavy (non-hydrogen) atoms. The Labute approximate surface area is 126 Å². The molecule has 0 aromatic heterocycles. The molecule has 0 aliphatic rings. The minimum absolute atomic E-state index is 0.150. The standard InChI is InChI=1S/C18H21NO2/c1-12-9-10-16(11-14(12)3)21-15(4)18(20)19-17-8-6-5-7-13(17)2/h5-11,15H,1-4H3,(H,19,20)/t15-/m0/s1. The van der Waals surface area contributed by atoms with Crippen molar-refractivity contribution in [1.29, 1.82) is 0 Å². The molecule has 110 valence electrons. The topological polar surface area (TPSA) is 38.3 Å². The largest absolute Gasteiger partial charge is 0.481 e. The van der Waals surface area contributed by atoms with Crippen LogP contribution in [0.1, 0.15) is 23.6 Å². The van der Waals surface area contributed by atoms with Gasteiger partial charge in [-0.15, -0.1) is 0 Å². The maximum atomic E-state index is 12.2. The van der Waals surface area contributed by atoms with Crippen molar-refractivity contribution in [3.05, 3.63) is 59.2 Å². The van der Waals surface area contributed by atoms with Crippen molar-refractivity contribution in [1.82, 2.24) is 0 Å². The molecule has 0 heterocycles. The van der Waals surface area contributed by atoms with Gasteiger partial charge in [0.1, 0.15) is 5.75 Å². The number of para-hydroxylation sites is 1. The molecule has 0 saturated heterocycles. The zero-order valence-electron chi connectivity index (χ0n) is 12.9. The van der Waals surface area contributed by atoms with E-state index in [0.717, 1.165) is 16.8 Å². The fraction of sp³-hybridized carbons (Fsp3) is 0.278. The number of rotatable bonds is 4. The van der Waals surface area contributed by atoms with E-state index in [1.54, 1.807) is 6.92 Å². The van der Waals surface area contributed by atoms with E-state index in [2.05, 4.69) is 5.32 Å². The number of hydrogen-bond donors (Lipinski definition) is 1. The number of anilines is 1. The summed E-state index contributed by atoms with van der Waals surface area (Å²) >= 11 is 0. The molecule has 1 atom stereocenters. The van der Waals surface area contributed by atoms with Crippen LogP contribution in [-0.2, 0) is 4.79 Å². The highest BCUT2D eigenvalue weighted by Gasteiger charge is 2.15. The van der Waals surface area contributed by atoms with Gasteiger partial charge in [-0.05, 0) is 62.6 Å². The molecule has 2 rings (SSSR count). The van der Waals surface area contributed by atoms with E-state index in [1.165, 1.54) is 5.56 Å². The Morgan fingerprint density at radius 1 is 1.00 bits per heavy atom. The van der Waals surface area contributed by atoms with Gasteiger partial charge in [-0.1, -0.05) is 24.3 Å². The first-order valence-electron chi connectivity index (χ1n) is 7.08. The van der Waals surface area contributed by atoms with E-state index in [1.807, 2.05) is 63.2 Å². The number of carbonyl (C=O) groups excluding carboxylic acids is 1. The summed E-state index contributed by atoms with van der Waals surface area (Å²) in [7, 11) is 0. The summed E-state index contributed by atoms with van der Waals surface area (Å²) in [5.74, 6) is 0.563. The normalized spacial score (nSPS) is 11.8. The quantitative estimate of drug-likeness (QED) is 0.920. The minimum Gasteiger partial charge on any atom is -0.481 e. The monoisotopic (exact) mass is 283 g/mol. The van der Waals surface area contributed by atoms with Crippen molar-refractivity contribution < 1.29 is 9.53 Å². The summed E-state index contributed by atoms with van der Waals surface area (Å²) in [4.78, 5) is 12.2. The lowest BCUT2D eigenvalue weighted by Gasteiger charge is -2.16. The molecule has 0 unspecified atom stereocenters.